The molecule has 1 aliphatic rings. The van der Waals surface area contributed by atoms with Crippen molar-refractivity contribution >= 4 is 17.5 Å². The van der Waals surface area contributed by atoms with E-state index in [1.165, 1.54) is 6.07 Å². The maximum Gasteiger partial charge on any atom is 0.342 e. The van der Waals surface area contributed by atoms with Gasteiger partial charge in [0.2, 0.25) is 0 Å². The predicted molar refractivity (Wildman–Crippen MR) is 67.6 cm³/mol. The topological polar surface area (TPSA) is 109 Å². The second kappa shape index (κ2) is 5.61. The lowest BCUT2D eigenvalue weighted by Crippen LogP contribution is -2.28. The number of rotatable bonds is 3. The van der Waals surface area contributed by atoms with Gasteiger partial charge in [-0.2, -0.15) is 0 Å². The second-order valence-corrected chi connectivity index (χ2v) is 4.21. The van der Waals surface area contributed by atoms with Gasteiger partial charge >= 0.3 is 11.7 Å². The highest BCUT2D eigenvalue weighted by molar-refractivity contribution is 5.93. The molecule has 0 amide bonds. The Balaban J connectivity index is 2.34. The quantitative estimate of drug-likeness (QED) is 0.605. The fourth-order valence-corrected chi connectivity index (χ4v) is 2.00. The van der Waals surface area contributed by atoms with E-state index in [0.29, 0.717) is 12.4 Å². The molecule has 2 N–H and O–H groups in total. The zero-order valence-corrected chi connectivity index (χ0v) is 10.2. The van der Waals surface area contributed by atoms with Gasteiger partial charge in [-0.1, -0.05) is 0 Å². The van der Waals surface area contributed by atoms with Crippen LogP contribution in [0, 0.1) is 10.1 Å². The molecule has 1 fully saturated rings. The minimum Gasteiger partial charge on any atom is -0.477 e. The number of nitro groups is 1. The summed E-state index contributed by atoms with van der Waals surface area (Å²) in [7, 11) is 0. The lowest BCUT2D eigenvalue weighted by atomic mass is 10.2. The van der Waals surface area contributed by atoms with Crippen molar-refractivity contribution in [3.63, 3.8) is 0 Å². The predicted octanol–water partition coefficient (Wildman–Crippen LogP) is 0.488. The molecule has 0 unspecified atom stereocenters. The summed E-state index contributed by atoms with van der Waals surface area (Å²) < 4.78 is 0. The number of aromatic nitrogens is 1. The Bertz CT molecular complexity index is 497. The molecule has 0 radical (unpaired) electrons. The van der Waals surface area contributed by atoms with Gasteiger partial charge in [-0.3, -0.25) is 10.1 Å². The molecule has 1 aromatic heterocycles. The number of nitrogens with zero attached hydrogens (tertiary/aromatic N) is 3. The lowest BCUT2D eigenvalue weighted by Gasteiger charge is -2.21. The van der Waals surface area contributed by atoms with Crippen molar-refractivity contribution in [3.05, 3.63) is 27.9 Å². The Morgan fingerprint density at radius 2 is 2.26 bits per heavy atom. The molecular formula is C11H14N4O4. The molecule has 8 nitrogen and oxygen atoms in total. The molecule has 0 aliphatic carbocycles. The van der Waals surface area contributed by atoms with Crippen molar-refractivity contribution in [2.24, 2.45) is 0 Å². The number of carbonyl (C=O) groups is 1. The van der Waals surface area contributed by atoms with Gasteiger partial charge in [-0.15, -0.1) is 0 Å². The van der Waals surface area contributed by atoms with Crippen molar-refractivity contribution in [1.82, 2.24) is 10.3 Å². The van der Waals surface area contributed by atoms with E-state index in [9.17, 15) is 14.9 Å². The molecule has 8 heteroatoms. The van der Waals surface area contributed by atoms with Crippen LogP contribution in [0.1, 0.15) is 16.8 Å². The number of nitrogens with one attached hydrogen (secondary N) is 1. The lowest BCUT2D eigenvalue weighted by molar-refractivity contribution is -0.385. The standard InChI is InChI=1S/C11H14N4O4/c16-11(17)8-6-10(13-7-9(8)15(18)19)14-4-1-2-12-3-5-14/h6-7,12H,1-5H2,(H,16,17). The van der Waals surface area contributed by atoms with Crippen molar-refractivity contribution in [3.8, 4) is 0 Å². The normalized spacial score (nSPS) is 15.9. The Morgan fingerprint density at radius 1 is 1.47 bits per heavy atom. The summed E-state index contributed by atoms with van der Waals surface area (Å²) in [5.74, 6) is -0.852. The van der Waals surface area contributed by atoms with Crippen LogP contribution in [0.4, 0.5) is 11.5 Å². The summed E-state index contributed by atoms with van der Waals surface area (Å²) in [6.07, 6.45) is 1.93. The Hall–Kier alpha value is -2.22. The largest absolute Gasteiger partial charge is 0.477 e. The van der Waals surface area contributed by atoms with Gasteiger partial charge in [0.1, 0.15) is 17.6 Å². The van der Waals surface area contributed by atoms with Gasteiger partial charge in [0.05, 0.1) is 4.92 Å². The first-order chi connectivity index (χ1) is 9.09. The molecule has 1 aliphatic heterocycles. The molecule has 0 bridgehead atoms. The maximum atomic E-state index is 11.1. The molecule has 2 heterocycles. The summed E-state index contributed by atoms with van der Waals surface area (Å²) in [5.41, 5.74) is -0.809. The van der Waals surface area contributed by atoms with Crippen LogP contribution >= 0.6 is 0 Å². The van der Waals surface area contributed by atoms with Gasteiger partial charge in [-0.05, 0) is 13.0 Å². The molecule has 102 valence electrons. The van der Waals surface area contributed by atoms with Crippen molar-refractivity contribution in [1.29, 1.82) is 0 Å². The summed E-state index contributed by atoms with van der Waals surface area (Å²) in [6, 6.07) is 1.27. The van der Waals surface area contributed by atoms with Crippen LogP contribution in [0.5, 0.6) is 0 Å². The highest BCUT2D eigenvalue weighted by Gasteiger charge is 2.23. The first-order valence-corrected chi connectivity index (χ1v) is 5.93. The van der Waals surface area contributed by atoms with Gasteiger partial charge in [-0.25, -0.2) is 9.78 Å². The first-order valence-electron chi connectivity index (χ1n) is 5.93. The minimum absolute atomic E-state index is 0.327. The average molecular weight is 266 g/mol. The van der Waals surface area contributed by atoms with Gasteiger partial charge < -0.3 is 15.3 Å². The van der Waals surface area contributed by atoms with E-state index in [1.807, 2.05) is 4.90 Å². The zero-order valence-electron chi connectivity index (χ0n) is 10.2. The molecule has 2 rings (SSSR count). The third-order valence-electron chi connectivity index (χ3n) is 2.96. The first kappa shape index (κ1) is 13.2. The molecule has 0 aromatic carbocycles. The Kier molecular flexibility index (Phi) is 3.91. The molecular weight excluding hydrogens is 252 g/mol. The Labute approximate surface area is 109 Å². The van der Waals surface area contributed by atoms with E-state index < -0.39 is 16.6 Å². The third-order valence-corrected chi connectivity index (χ3v) is 2.96. The van der Waals surface area contributed by atoms with Crippen LogP contribution in [-0.4, -0.2) is 47.2 Å². The van der Waals surface area contributed by atoms with Crippen LogP contribution in [0.3, 0.4) is 0 Å². The summed E-state index contributed by atoms with van der Waals surface area (Å²) in [4.78, 5) is 27.0. The van der Waals surface area contributed by atoms with E-state index in [4.69, 9.17) is 5.11 Å². The summed E-state index contributed by atoms with van der Waals surface area (Å²) >= 11 is 0. The minimum atomic E-state index is -1.32. The maximum absolute atomic E-state index is 11.1. The Morgan fingerprint density at radius 3 is 2.95 bits per heavy atom. The number of aromatic carboxylic acids is 1. The molecule has 0 atom stereocenters. The molecule has 0 spiro atoms. The molecule has 1 saturated heterocycles. The summed E-state index contributed by atoms with van der Waals surface area (Å²) in [5, 5.41) is 23.0. The molecule has 19 heavy (non-hydrogen) atoms. The van der Waals surface area contributed by atoms with Crippen LogP contribution in [0.2, 0.25) is 0 Å². The highest BCUT2D eigenvalue weighted by atomic mass is 16.6. The van der Waals surface area contributed by atoms with E-state index in [2.05, 4.69) is 10.3 Å². The van der Waals surface area contributed by atoms with E-state index in [0.717, 1.165) is 32.3 Å². The number of anilines is 1. The number of hydrogen-bond donors (Lipinski definition) is 2. The van der Waals surface area contributed by atoms with Crippen LogP contribution in [0.25, 0.3) is 0 Å². The fraction of sp³-hybridized carbons (Fsp3) is 0.455. The van der Waals surface area contributed by atoms with Crippen molar-refractivity contribution in [2.45, 2.75) is 6.42 Å². The average Bonchev–Trinajstić information content (AvgIpc) is 2.66. The van der Waals surface area contributed by atoms with Crippen molar-refractivity contribution < 1.29 is 14.8 Å². The zero-order chi connectivity index (χ0) is 13.8. The monoisotopic (exact) mass is 266 g/mol. The number of hydrogen-bond acceptors (Lipinski definition) is 6. The van der Waals surface area contributed by atoms with E-state index in [1.54, 1.807) is 0 Å². The molecule has 1 aromatic rings. The fourth-order valence-electron chi connectivity index (χ4n) is 2.00. The van der Waals surface area contributed by atoms with Crippen LogP contribution in [0.15, 0.2) is 12.3 Å². The van der Waals surface area contributed by atoms with E-state index >= 15 is 0 Å². The number of carboxylic acids is 1. The molecule has 0 saturated carbocycles. The van der Waals surface area contributed by atoms with Gasteiger partial charge in [0, 0.05) is 25.7 Å². The third kappa shape index (κ3) is 2.97. The number of carboxylic acid groups (broad SMARTS) is 1. The second-order valence-electron chi connectivity index (χ2n) is 4.21. The number of pyridine rings is 1. The van der Waals surface area contributed by atoms with Crippen molar-refractivity contribution in [2.75, 3.05) is 31.1 Å². The van der Waals surface area contributed by atoms with Crippen LogP contribution in [-0.2, 0) is 0 Å². The van der Waals surface area contributed by atoms with E-state index in [-0.39, 0.29) is 5.56 Å². The van der Waals surface area contributed by atoms with Gasteiger partial charge in [0.25, 0.3) is 0 Å². The summed E-state index contributed by atoms with van der Waals surface area (Å²) in [6.45, 7) is 3.12. The SMILES string of the molecule is O=C(O)c1cc(N2CCCNCC2)ncc1[N+](=O)[O-]. The highest BCUT2D eigenvalue weighted by Crippen LogP contribution is 2.22. The van der Waals surface area contributed by atoms with Gasteiger partial charge in [0.15, 0.2) is 0 Å². The smallest absolute Gasteiger partial charge is 0.342 e. The van der Waals surface area contributed by atoms with Crippen LogP contribution < -0.4 is 10.2 Å².